The van der Waals surface area contributed by atoms with Gasteiger partial charge in [-0.05, 0) is 67.6 Å². The minimum absolute atomic E-state index is 0.242. The molecular weight excluding hydrogens is 368 g/mol. The number of rotatable bonds is 7. The second-order valence-corrected chi connectivity index (χ2v) is 6.32. The molecular formula is C23H22N2O4. The maximum absolute atomic E-state index is 12.4. The Bertz CT molecular complexity index is 954. The largest absolute Gasteiger partial charge is 0.497 e. The van der Waals surface area contributed by atoms with E-state index in [1.54, 1.807) is 74.7 Å². The zero-order valence-electron chi connectivity index (χ0n) is 16.2. The average molecular weight is 390 g/mol. The lowest BCUT2D eigenvalue weighted by molar-refractivity contribution is -0.122. The summed E-state index contributed by atoms with van der Waals surface area (Å²) in [5, 5.41) is 5.59. The fraction of sp³-hybridized carbons (Fsp3) is 0.130. The molecule has 0 bridgehead atoms. The van der Waals surface area contributed by atoms with Crippen LogP contribution in [-0.4, -0.2) is 25.0 Å². The zero-order valence-corrected chi connectivity index (χ0v) is 16.2. The lowest BCUT2D eigenvalue weighted by atomic mass is 10.2. The van der Waals surface area contributed by atoms with Gasteiger partial charge in [-0.25, -0.2) is 0 Å². The maximum Gasteiger partial charge on any atom is 0.265 e. The zero-order chi connectivity index (χ0) is 20.6. The van der Waals surface area contributed by atoms with Gasteiger partial charge < -0.3 is 20.1 Å². The van der Waals surface area contributed by atoms with Gasteiger partial charge in [0.15, 0.2) is 6.10 Å². The van der Waals surface area contributed by atoms with Gasteiger partial charge in [-0.1, -0.05) is 18.2 Å². The number of benzene rings is 3. The first-order chi connectivity index (χ1) is 14.0. The third kappa shape index (κ3) is 5.59. The van der Waals surface area contributed by atoms with Crippen LogP contribution in [0.5, 0.6) is 11.5 Å². The molecule has 0 heterocycles. The van der Waals surface area contributed by atoms with Gasteiger partial charge in [-0.15, -0.1) is 0 Å². The van der Waals surface area contributed by atoms with Crippen molar-refractivity contribution in [1.82, 2.24) is 0 Å². The van der Waals surface area contributed by atoms with E-state index in [4.69, 9.17) is 9.47 Å². The van der Waals surface area contributed by atoms with E-state index in [9.17, 15) is 9.59 Å². The topological polar surface area (TPSA) is 76.7 Å². The van der Waals surface area contributed by atoms with Gasteiger partial charge in [-0.2, -0.15) is 0 Å². The number of methoxy groups -OCH3 is 1. The van der Waals surface area contributed by atoms with E-state index < -0.39 is 6.10 Å². The van der Waals surface area contributed by atoms with Crippen LogP contribution in [0.25, 0.3) is 0 Å². The number of anilines is 2. The molecule has 0 aromatic heterocycles. The highest BCUT2D eigenvalue weighted by Crippen LogP contribution is 2.17. The quantitative estimate of drug-likeness (QED) is 0.629. The van der Waals surface area contributed by atoms with Crippen molar-refractivity contribution in [3.8, 4) is 11.5 Å². The minimum atomic E-state index is -0.657. The van der Waals surface area contributed by atoms with E-state index in [1.165, 1.54) is 0 Å². The Balaban J connectivity index is 1.56. The summed E-state index contributed by atoms with van der Waals surface area (Å²) in [6.45, 7) is 1.68. The first-order valence-electron chi connectivity index (χ1n) is 9.13. The van der Waals surface area contributed by atoms with Gasteiger partial charge in [0.1, 0.15) is 11.5 Å². The van der Waals surface area contributed by atoms with Crippen LogP contribution in [0.15, 0.2) is 78.9 Å². The summed E-state index contributed by atoms with van der Waals surface area (Å²) in [4.78, 5) is 24.7. The van der Waals surface area contributed by atoms with Crippen LogP contribution in [0.2, 0.25) is 0 Å². The average Bonchev–Trinajstić information content (AvgIpc) is 2.75. The van der Waals surface area contributed by atoms with E-state index in [1.807, 2.05) is 18.2 Å². The number of hydrogen-bond acceptors (Lipinski definition) is 4. The first-order valence-corrected chi connectivity index (χ1v) is 9.13. The predicted octanol–water partition coefficient (Wildman–Crippen LogP) is 4.35. The second-order valence-electron chi connectivity index (χ2n) is 6.32. The molecule has 2 N–H and O–H groups in total. The van der Waals surface area contributed by atoms with Crippen molar-refractivity contribution >= 4 is 23.2 Å². The molecule has 0 fully saturated rings. The van der Waals surface area contributed by atoms with Gasteiger partial charge in [0.2, 0.25) is 0 Å². The summed E-state index contributed by atoms with van der Waals surface area (Å²) < 4.78 is 10.7. The van der Waals surface area contributed by atoms with Gasteiger partial charge in [0, 0.05) is 16.9 Å². The van der Waals surface area contributed by atoms with Crippen LogP contribution < -0.4 is 20.1 Å². The highest BCUT2D eigenvalue weighted by Gasteiger charge is 2.15. The molecule has 0 spiro atoms. The molecule has 0 radical (unpaired) electrons. The van der Waals surface area contributed by atoms with E-state index in [0.717, 1.165) is 0 Å². The molecule has 148 valence electrons. The molecule has 0 aliphatic heterocycles. The van der Waals surface area contributed by atoms with E-state index >= 15 is 0 Å². The SMILES string of the molecule is COc1ccc(NC(=O)c2ccc(NC(=O)[C@H](C)Oc3ccccc3)cc2)cc1. The molecule has 3 rings (SSSR count). The Hall–Kier alpha value is -3.80. The molecule has 2 amide bonds. The highest BCUT2D eigenvalue weighted by atomic mass is 16.5. The molecule has 3 aromatic rings. The third-order valence-corrected chi connectivity index (χ3v) is 4.19. The molecule has 1 atom stereocenters. The van der Waals surface area contributed by atoms with Crippen LogP contribution in [0.1, 0.15) is 17.3 Å². The Morgan fingerprint density at radius 2 is 1.34 bits per heavy atom. The third-order valence-electron chi connectivity index (χ3n) is 4.19. The van der Waals surface area contributed by atoms with Crippen LogP contribution in [0.4, 0.5) is 11.4 Å². The smallest absolute Gasteiger partial charge is 0.265 e. The van der Waals surface area contributed by atoms with Crippen molar-refractivity contribution in [3.63, 3.8) is 0 Å². The van der Waals surface area contributed by atoms with Crippen molar-refractivity contribution in [1.29, 1.82) is 0 Å². The monoisotopic (exact) mass is 390 g/mol. The molecule has 0 aliphatic carbocycles. The highest BCUT2D eigenvalue weighted by molar-refractivity contribution is 6.04. The maximum atomic E-state index is 12.4. The normalized spacial score (nSPS) is 11.2. The summed E-state index contributed by atoms with van der Waals surface area (Å²) >= 11 is 0. The number of carbonyl (C=O) groups is 2. The fourth-order valence-corrected chi connectivity index (χ4v) is 2.58. The van der Waals surface area contributed by atoms with E-state index in [-0.39, 0.29) is 11.8 Å². The number of carbonyl (C=O) groups excluding carboxylic acids is 2. The van der Waals surface area contributed by atoms with Crippen molar-refractivity contribution in [2.24, 2.45) is 0 Å². The molecule has 0 aliphatic rings. The Kier molecular flexibility index (Phi) is 6.47. The number of ether oxygens (including phenoxy) is 2. The summed E-state index contributed by atoms with van der Waals surface area (Å²) in [6.07, 6.45) is -0.657. The number of nitrogens with one attached hydrogen (secondary N) is 2. The molecule has 6 heteroatoms. The Labute approximate surface area is 169 Å². The molecule has 3 aromatic carbocycles. The van der Waals surface area contributed by atoms with Crippen LogP contribution in [0, 0.1) is 0 Å². The Morgan fingerprint density at radius 1 is 0.759 bits per heavy atom. The van der Waals surface area contributed by atoms with Gasteiger partial charge in [0.25, 0.3) is 11.8 Å². The molecule has 0 unspecified atom stereocenters. The van der Waals surface area contributed by atoms with E-state index in [0.29, 0.717) is 28.4 Å². The Morgan fingerprint density at radius 3 is 1.97 bits per heavy atom. The van der Waals surface area contributed by atoms with Crippen LogP contribution >= 0.6 is 0 Å². The number of hydrogen-bond donors (Lipinski definition) is 2. The molecule has 6 nitrogen and oxygen atoms in total. The molecule has 29 heavy (non-hydrogen) atoms. The summed E-state index contributed by atoms with van der Waals surface area (Å²) in [6, 6.07) is 22.9. The number of amides is 2. The van der Waals surface area contributed by atoms with Gasteiger partial charge in [0.05, 0.1) is 7.11 Å². The predicted molar refractivity (Wildman–Crippen MR) is 113 cm³/mol. The molecule has 0 saturated carbocycles. The van der Waals surface area contributed by atoms with Crippen molar-refractivity contribution in [2.75, 3.05) is 17.7 Å². The van der Waals surface area contributed by atoms with Crippen LogP contribution in [-0.2, 0) is 4.79 Å². The number of para-hydroxylation sites is 1. The summed E-state index contributed by atoms with van der Waals surface area (Å²) in [7, 11) is 1.59. The minimum Gasteiger partial charge on any atom is -0.497 e. The van der Waals surface area contributed by atoms with Gasteiger partial charge in [-0.3, -0.25) is 9.59 Å². The summed E-state index contributed by atoms with van der Waals surface area (Å²) in [5.74, 6) is 0.826. The van der Waals surface area contributed by atoms with Crippen molar-refractivity contribution in [2.45, 2.75) is 13.0 Å². The standard InChI is InChI=1S/C23H22N2O4/c1-16(29-21-6-4-3-5-7-21)22(26)24-18-10-8-17(9-11-18)23(27)25-19-12-14-20(28-2)15-13-19/h3-16H,1-2H3,(H,24,26)(H,25,27)/t16-/m0/s1. The second kappa shape index (κ2) is 9.41. The lowest BCUT2D eigenvalue weighted by Gasteiger charge is -2.15. The van der Waals surface area contributed by atoms with Crippen molar-refractivity contribution < 1.29 is 19.1 Å². The first kappa shape index (κ1) is 19.9. The van der Waals surface area contributed by atoms with Crippen molar-refractivity contribution in [3.05, 3.63) is 84.4 Å². The van der Waals surface area contributed by atoms with E-state index in [2.05, 4.69) is 10.6 Å². The van der Waals surface area contributed by atoms with Crippen LogP contribution in [0.3, 0.4) is 0 Å². The van der Waals surface area contributed by atoms with Gasteiger partial charge >= 0.3 is 0 Å². The lowest BCUT2D eigenvalue weighted by Crippen LogP contribution is -2.30. The summed E-state index contributed by atoms with van der Waals surface area (Å²) in [5.41, 5.74) is 1.73. The fourth-order valence-electron chi connectivity index (χ4n) is 2.58. The molecule has 0 saturated heterocycles.